The summed E-state index contributed by atoms with van der Waals surface area (Å²) in [6.07, 6.45) is 0.739. The van der Waals surface area contributed by atoms with Crippen LogP contribution in [-0.2, 0) is 0 Å². The van der Waals surface area contributed by atoms with Crippen LogP contribution in [0.5, 0.6) is 0 Å². The molecule has 4 rings (SSSR count). The Morgan fingerprint density at radius 2 is 1.63 bits per heavy atom. The number of nitro groups is 1. The molecular weight excluding hydrogens is 362 g/mol. The molecule has 1 aliphatic rings. The third kappa shape index (κ3) is 3.55. The van der Waals surface area contributed by atoms with E-state index < -0.39 is 4.92 Å². The second-order valence-corrected chi connectivity index (χ2v) is 6.74. The lowest BCUT2D eigenvalue weighted by Crippen LogP contribution is -2.18. The van der Waals surface area contributed by atoms with Crippen LogP contribution in [0, 0.1) is 10.1 Å². The van der Waals surface area contributed by atoms with Gasteiger partial charge in [-0.05, 0) is 35.4 Å². The second kappa shape index (κ2) is 7.21. The number of hydrogen-bond acceptors (Lipinski definition) is 4. The van der Waals surface area contributed by atoms with Gasteiger partial charge in [-0.3, -0.25) is 15.1 Å². The first-order valence-corrected chi connectivity index (χ1v) is 8.92. The zero-order valence-corrected chi connectivity index (χ0v) is 15.1. The summed E-state index contributed by atoms with van der Waals surface area (Å²) < 4.78 is 0. The van der Waals surface area contributed by atoms with Crippen LogP contribution in [0.2, 0.25) is 5.02 Å². The molecule has 0 amide bonds. The predicted octanol–water partition coefficient (Wildman–Crippen LogP) is 5.60. The summed E-state index contributed by atoms with van der Waals surface area (Å²) in [4.78, 5) is 10.5. The van der Waals surface area contributed by atoms with E-state index in [0.717, 1.165) is 28.9 Å². The molecule has 0 saturated carbocycles. The van der Waals surface area contributed by atoms with Crippen molar-refractivity contribution in [1.29, 1.82) is 0 Å². The Labute approximate surface area is 161 Å². The minimum absolute atomic E-state index is 0.000992. The van der Waals surface area contributed by atoms with Crippen molar-refractivity contribution in [3.63, 3.8) is 0 Å². The number of anilines is 1. The van der Waals surface area contributed by atoms with Crippen molar-refractivity contribution >= 4 is 28.7 Å². The standard InChI is InChI=1S/C21H16ClN3O2/c22-17-8-6-16(7-9-17)21-14-20(15-4-2-1-3-5-15)23-24(21)18-10-12-19(13-11-18)25(26)27/h1-13,21H,14H2/t21-/m1/s1. The van der Waals surface area contributed by atoms with Gasteiger partial charge in [0.2, 0.25) is 0 Å². The van der Waals surface area contributed by atoms with Crippen molar-refractivity contribution in [2.75, 3.05) is 5.01 Å². The van der Waals surface area contributed by atoms with Gasteiger partial charge in [-0.1, -0.05) is 54.1 Å². The maximum atomic E-state index is 10.9. The predicted molar refractivity (Wildman–Crippen MR) is 107 cm³/mol. The molecule has 0 unspecified atom stereocenters. The van der Waals surface area contributed by atoms with Gasteiger partial charge in [0, 0.05) is 23.6 Å². The molecule has 3 aromatic carbocycles. The highest BCUT2D eigenvalue weighted by molar-refractivity contribution is 6.30. The molecular formula is C21H16ClN3O2. The molecule has 3 aromatic rings. The number of hydrazone groups is 1. The molecule has 0 spiro atoms. The highest BCUT2D eigenvalue weighted by Gasteiger charge is 2.30. The lowest BCUT2D eigenvalue weighted by Gasteiger charge is -2.24. The van der Waals surface area contributed by atoms with Gasteiger partial charge in [0.15, 0.2) is 0 Å². The van der Waals surface area contributed by atoms with Gasteiger partial charge >= 0.3 is 0 Å². The molecule has 134 valence electrons. The SMILES string of the molecule is O=[N+]([O-])c1ccc(N2N=C(c3ccccc3)C[C@@H]2c2ccc(Cl)cc2)cc1. The lowest BCUT2D eigenvalue weighted by atomic mass is 9.98. The monoisotopic (exact) mass is 377 g/mol. The fourth-order valence-electron chi connectivity index (χ4n) is 3.23. The fourth-order valence-corrected chi connectivity index (χ4v) is 3.35. The normalized spacial score (nSPS) is 16.3. The first-order valence-electron chi connectivity index (χ1n) is 8.54. The topological polar surface area (TPSA) is 58.7 Å². The Balaban J connectivity index is 1.73. The molecule has 1 heterocycles. The molecule has 0 fully saturated rings. The Bertz CT molecular complexity index is 986. The minimum Gasteiger partial charge on any atom is -0.258 e. The van der Waals surface area contributed by atoms with Crippen LogP contribution >= 0.6 is 11.6 Å². The Morgan fingerprint density at radius 3 is 2.26 bits per heavy atom. The van der Waals surface area contributed by atoms with Crippen molar-refractivity contribution in [3.05, 3.63) is 105 Å². The molecule has 0 aromatic heterocycles. The zero-order valence-electron chi connectivity index (χ0n) is 14.3. The van der Waals surface area contributed by atoms with Crippen molar-refractivity contribution in [2.24, 2.45) is 5.10 Å². The van der Waals surface area contributed by atoms with E-state index in [-0.39, 0.29) is 11.7 Å². The number of nitrogens with zero attached hydrogens (tertiary/aromatic N) is 3. The van der Waals surface area contributed by atoms with Gasteiger partial charge in [0.1, 0.15) is 0 Å². The summed E-state index contributed by atoms with van der Waals surface area (Å²) in [5, 5.41) is 18.4. The maximum absolute atomic E-state index is 10.9. The van der Waals surface area contributed by atoms with E-state index in [1.807, 2.05) is 59.6 Å². The number of nitro benzene ring substituents is 1. The van der Waals surface area contributed by atoms with E-state index >= 15 is 0 Å². The largest absolute Gasteiger partial charge is 0.269 e. The quantitative estimate of drug-likeness (QED) is 0.439. The van der Waals surface area contributed by atoms with Crippen molar-refractivity contribution < 1.29 is 4.92 Å². The van der Waals surface area contributed by atoms with Gasteiger partial charge in [0.25, 0.3) is 5.69 Å². The Morgan fingerprint density at radius 1 is 0.963 bits per heavy atom. The minimum atomic E-state index is -0.400. The van der Waals surface area contributed by atoms with Crippen molar-refractivity contribution in [2.45, 2.75) is 12.5 Å². The van der Waals surface area contributed by atoms with Crippen LogP contribution in [0.3, 0.4) is 0 Å². The third-order valence-electron chi connectivity index (χ3n) is 4.60. The van der Waals surface area contributed by atoms with Crippen LogP contribution < -0.4 is 5.01 Å². The molecule has 1 aliphatic heterocycles. The molecule has 27 heavy (non-hydrogen) atoms. The maximum Gasteiger partial charge on any atom is 0.269 e. The summed E-state index contributed by atoms with van der Waals surface area (Å²) in [7, 11) is 0. The molecule has 0 saturated heterocycles. The molecule has 0 radical (unpaired) electrons. The zero-order chi connectivity index (χ0) is 18.8. The average molecular weight is 378 g/mol. The lowest BCUT2D eigenvalue weighted by molar-refractivity contribution is -0.384. The van der Waals surface area contributed by atoms with Gasteiger partial charge < -0.3 is 0 Å². The molecule has 1 atom stereocenters. The highest BCUT2D eigenvalue weighted by Crippen LogP contribution is 2.37. The van der Waals surface area contributed by atoms with E-state index in [2.05, 4.69) is 0 Å². The number of hydrogen-bond donors (Lipinski definition) is 0. The van der Waals surface area contributed by atoms with Crippen LogP contribution in [0.25, 0.3) is 0 Å². The van der Waals surface area contributed by atoms with E-state index in [1.54, 1.807) is 12.1 Å². The smallest absolute Gasteiger partial charge is 0.258 e. The van der Waals surface area contributed by atoms with Gasteiger partial charge in [-0.25, -0.2) is 0 Å². The van der Waals surface area contributed by atoms with Crippen LogP contribution in [0.4, 0.5) is 11.4 Å². The summed E-state index contributed by atoms with van der Waals surface area (Å²) in [6, 6.07) is 24.2. The van der Waals surface area contributed by atoms with Crippen molar-refractivity contribution in [3.8, 4) is 0 Å². The van der Waals surface area contributed by atoms with E-state index in [0.29, 0.717) is 5.02 Å². The summed E-state index contributed by atoms with van der Waals surface area (Å²) in [5.74, 6) is 0. The van der Waals surface area contributed by atoms with Crippen LogP contribution in [-0.4, -0.2) is 10.6 Å². The first-order chi connectivity index (χ1) is 13.1. The van der Waals surface area contributed by atoms with Gasteiger partial charge in [-0.15, -0.1) is 0 Å². The third-order valence-corrected chi connectivity index (χ3v) is 4.85. The van der Waals surface area contributed by atoms with Gasteiger partial charge in [-0.2, -0.15) is 5.10 Å². The summed E-state index contributed by atoms with van der Waals surface area (Å²) in [5.41, 5.74) is 4.02. The number of rotatable bonds is 4. The fraction of sp³-hybridized carbons (Fsp3) is 0.0952. The first kappa shape index (κ1) is 17.2. The molecule has 0 N–H and O–H groups in total. The summed E-state index contributed by atoms with van der Waals surface area (Å²) in [6.45, 7) is 0. The number of non-ortho nitro benzene ring substituents is 1. The van der Waals surface area contributed by atoms with Crippen LogP contribution in [0.1, 0.15) is 23.6 Å². The Kier molecular flexibility index (Phi) is 4.60. The molecule has 5 nitrogen and oxygen atoms in total. The van der Waals surface area contributed by atoms with E-state index in [9.17, 15) is 10.1 Å². The number of halogens is 1. The van der Waals surface area contributed by atoms with Gasteiger partial charge in [0.05, 0.1) is 22.4 Å². The summed E-state index contributed by atoms with van der Waals surface area (Å²) >= 11 is 6.04. The average Bonchev–Trinajstić information content (AvgIpc) is 3.15. The van der Waals surface area contributed by atoms with Crippen LogP contribution in [0.15, 0.2) is 84.0 Å². The molecule has 6 heteroatoms. The molecule has 0 aliphatic carbocycles. The highest BCUT2D eigenvalue weighted by atomic mass is 35.5. The second-order valence-electron chi connectivity index (χ2n) is 6.30. The van der Waals surface area contributed by atoms with E-state index in [1.165, 1.54) is 12.1 Å². The molecule has 0 bridgehead atoms. The van der Waals surface area contributed by atoms with E-state index in [4.69, 9.17) is 16.7 Å². The Hall–Kier alpha value is -3.18. The number of benzene rings is 3. The van der Waals surface area contributed by atoms with Crippen molar-refractivity contribution in [1.82, 2.24) is 0 Å².